The highest BCUT2D eigenvalue weighted by molar-refractivity contribution is 6.53. The summed E-state index contributed by atoms with van der Waals surface area (Å²) in [6, 6.07) is 10.5. The van der Waals surface area contributed by atoms with E-state index in [0.717, 1.165) is 12.0 Å². The predicted octanol–water partition coefficient (Wildman–Crippen LogP) is 5.61. The highest BCUT2D eigenvalue weighted by Crippen LogP contribution is 2.49. The largest absolute Gasteiger partial charge is 0.497 e. The molecule has 2 aliphatic carbocycles. The van der Waals surface area contributed by atoms with Crippen LogP contribution in [0.3, 0.4) is 0 Å². The molecule has 0 spiro atoms. The Labute approximate surface area is 191 Å². The second-order valence-electron chi connectivity index (χ2n) is 9.28. The Kier molecular flexibility index (Phi) is 4.78. The Morgan fingerprint density at radius 3 is 2.42 bits per heavy atom. The van der Waals surface area contributed by atoms with Crippen LogP contribution in [0.25, 0.3) is 11.3 Å². The van der Waals surface area contributed by atoms with Crippen LogP contribution < -0.4 is 4.74 Å². The minimum Gasteiger partial charge on any atom is -0.497 e. The number of furan rings is 1. The minimum absolute atomic E-state index is 0.240. The zero-order valence-corrected chi connectivity index (χ0v) is 19.0. The van der Waals surface area contributed by atoms with Crippen molar-refractivity contribution >= 4 is 17.5 Å². The van der Waals surface area contributed by atoms with E-state index < -0.39 is 23.6 Å². The lowest BCUT2D eigenvalue weighted by atomic mass is 9.68. The maximum atomic E-state index is 13.3. The van der Waals surface area contributed by atoms with Gasteiger partial charge in [0.15, 0.2) is 0 Å². The number of ketones is 2. The predicted molar refractivity (Wildman–Crippen MR) is 121 cm³/mol. The summed E-state index contributed by atoms with van der Waals surface area (Å²) in [7, 11) is 1.56. The van der Waals surface area contributed by atoms with Crippen LogP contribution >= 0.6 is 0 Å². The van der Waals surface area contributed by atoms with Gasteiger partial charge in [0, 0.05) is 16.7 Å². The van der Waals surface area contributed by atoms with Gasteiger partial charge in [0.25, 0.3) is 0 Å². The Bertz CT molecular complexity index is 1310. The highest BCUT2D eigenvalue weighted by Gasteiger charge is 2.43. The van der Waals surface area contributed by atoms with Gasteiger partial charge in [0.1, 0.15) is 17.6 Å². The average Bonchev–Trinajstić information content (AvgIpc) is 3.20. The van der Waals surface area contributed by atoms with E-state index in [-0.39, 0.29) is 5.41 Å². The smallest absolute Gasteiger partial charge is 0.338 e. The zero-order valence-electron chi connectivity index (χ0n) is 19.0. The molecule has 0 saturated heterocycles. The van der Waals surface area contributed by atoms with Crippen LogP contribution in [0.15, 0.2) is 47.1 Å². The van der Waals surface area contributed by atoms with Crippen molar-refractivity contribution < 1.29 is 28.3 Å². The van der Waals surface area contributed by atoms with Crippen LogP contribution in [-0.2, 0) is 10.2 Å². The van der Waals surface area contributed by atoms with Crippen LogP contribution in [0.5, 0.6) is 5.75 Å². The van der Waals surface area contributed by atoms with Crippen molar-refractivity contribution in [3.8, 4) is 17.1 Å². The van der Waals surface area contributed by atoms with Crippen LogP contribution in [0.2, 0.25) is 0 Å². The first-order valence-electron chi connectivity index (χ1n) is 10.9. The standard InChI is InChI=1S/C27H24O6/c1-14-13-32-25-17-9-10-18-22(21(17)24(29)23(28)20(14)25)19(11-12-27(18,2)3)33-26(30)15-5-7-16(31-4)8-6-15/h5-10,13,19H,11-12H2,1-4H3. The van der Waals surface area contributed by atoms with Crippen LogP contribution in [-0.4, -0.2) is 24.6 Å². The molecule has 0 radical (unpaired) electrons. The summed E-state index contributed by atoms with van der Waals surface area (Å²) >= 11 is 0. The quantitative estimate of drug-likeness (QED) is 0.386. The number of esters is 1. The molecule has 33 heavy (non-hydrogen) atoms. The maximum absolute atomic E-state index is 13.3. The van der Waals surface area contributed by atoms with E-state index in [4.69, 9.17) is 13.9 Å². The Morgan fingerprint density at radius 2 is 1.73 bits per heavy atom. The third-order valence-corrected chi connectivity index (χ3v) is 6.78. The van der Waals surface area contributed by atoms with Crippen molar-refractivity contribution in [2.45, 2.75) is 45.1 Å². The summed E-state index contributed by atoms with van der Waals surface area (Å²) < 4.78 is 16.8. The van der Waals surface area contributed by atoms with E-state index in [0.29, 0.717) is 51.3 Å². The summed E-state index contributed by atoms with van der Waals surface area (Å²) in [5, 5.41) is 0. The second kappa shape index (κ2) is 7.44. The Morgan fingerprint density at radius 1 is 1.03 bits per heavy atom. The number of methoxy groups -OCH3 is 1. The first kappa shape index (κ1) is 21.2. The summed E-state index contributed by atoms with van der Waals surface area (Å²) in [4.78, 5) is 39.3. The summed E-state index contributed by atoms with van der Waals surface area (Å²) in [6.45, 7) is 5.94. The molecule has 1 heterocycles. The highest BCUT2D eigenvalue weighted by atomic mass is 16.5. The van der Waals surface area contributed by atoms with Gasteiger partial charge in [-0.25, -0.2) is 4.79 Å². The molecule has 0 aliphatic heterocycles. The molecule has 6 heteroatoms. The lowest BCUT2D eigenvalue weighted by Gasteiger charge is -2.38. The molecule has 2 aromatic carbocycles. The van der Waals surface area contributed by atoms with Gasteiger partial charge in [-0.3, -0.25) is 9.59 Å². The van der Waals surface area contributed by atoms with Crippen LogP contribution in [0, 0.1) is 6.92 Å². The monoisotopic (exact) mass is 444 g/mol. The van der Waals surface area contributed by atoms with Crippen molar-refractivity contribution in [2.75, 3.05) is 7.11 Å². The van der Waals surface area contributed by atoms with Gasteiger partial charge in [0.2, 0.25) is 11.6 Å². The van der Waals surface area contributed by atoms with Gasteiger partial charge in [-0.05, 0) is 60.6 Å². The fraction of sp³-hybridized carbons (Fsp3) is 0.296. The van der Waals surface area contributed by atoms with Crippen LogP contribution in [0.4, 0.5) is 0 Å². The van der Waals surface area contributed by atoms with Crippen LogP contribution in [0.1, 0.15) is 80.6 Å². The summed E-state index contributed by atoms with van der Waals surface area (Å²) in [5.41, 5.74) is 3.49. The molecular formula is C27H24O6. The third-order valence-electron chi connectivity index (χ3n) is 6.78. The number of aryl methyl sites for hydroxylation is 1. The van der Waals surface area contributed by atoms with E-state index in [1.165, 1.54) is 6.26 Å². The number of rotatable bonds is 3. The van der Waals surface area contributed by atoms with Crippen molar-refractivity contribution in [2.24, 2.45) is 0 Å². The van der Waals surface area contributed by atoms with E-state index >= 15 is 0 Å². The molecule has 0 bridgehead atoms. The van der Waals surface area contributed by atoms with Gasteiger partial charge in [-0.1, -0.05) is 26.0 Å². The zero-order chi connectivity index (χ0) is 23.5. The minimum atomic E-state index is -0.646. The second-order valence-corrected chi connectivity index (χ2v) is 9.28. The number of fused-ring (bicyclic) bond motifs is 5. The number of carbonyl (C=O) groups is 3. The topological polar surface area (TPSA) is 82.8 Å². The van der Waals surface area contributed by atoms with E-state index in [1.54, 1.807) is 38.3 Å². The van der Waals surface area contributed by atoms with Gasteiger partial charge in [0.05, 0.1) is 24.5 Å². The normalized spacial score (nSPS) is 18.2. The van der Waals surface area contributed by atoms with Crippen molar-refractivity contribution in [1.82, 2.24) is 0 Å². The SMILES string of the molecule is COc1ccc(C(=O)OC2CCC(C)(C)c3ccc4c(c32)C(=O)C(=O)c2c(C)coc2-4)cc1. The maximum Gasteiger partial charge on any atom is 0.338 e. The van der Waals surface area contributed by atoms with E-state index in [1.807, 2.05) is 12.1 Å². The summed E-state index contributed by atoms with van der Waals surface area (Å²) in [6.07, 6.45) is 2.17. The Hall–Kier alpha value is -3.67. The first-order valence-corrected chi connectivity index (χ1v) is 10.9. The third kappa shape index (κ3) is 3.20. The van der Waals surface area contributed by atoms with Gasteiger partial charge in [-0.15, -0.1) is 0 Å². The number of hydrogen-bond acceptors (Lipinski definition) is 6. The van der Waals surface area contributed by atoms with Crippen molar-refractivity contribution in [3.05, 3.63) is 76.0 Å². The Balaban J connectivity index is 1.63. The van der Waals surface area contributed by atoms with Gasteiger partial charge in [-0.2, -0.15) is 0 Å². The molecular weight excluding hydrogens is 420 g/mol. The molecule has 1 aromatic heterocycles. The number of carbonyl (C=O) groups excluding carboxylic acids is 3. The molecule has 2 aliphatic rings. The number of Topliss-reactive ketones (excluding diaryl/α,β-unsaturated/α-hetero) is 2. The molecule has 1 unspecified atom stereocenters. The molecule has 5 rings (SSSR count). The number of hydrogen-bond donors (Lipinski definition) is 0. The number of ether oxygens (including phenoxy) is 2. The molecule has 0 fully saturated rings. The fourth-order valence-corrected chi connectivity index (χ4v) is 4.94. The van der Waals surface area contributed by atoms with Crippen molar-refractivity contribution in [1.29, 1.82) is 0 Å². The van der Waals surface area contributed by atoms with Gasteiger partial charge < -0.3 is 13.9 Å². The lowest BCUT2D eigenvalue weighted by Crippen LogP contribution is -2.33. The van der Waals surface area contributed by atoms with Gasteiger partial charge >= 0.3 is 5.97 Å². The first-order chi connectivity index (χ1) is 15.7. The molecule has 0 amide bonds. The fourth-order valence-electron chi connectivity index (χ4n) is 4.94. The summed E-state index contributed by atoms with van der Waals surface area (Å²) in [5.74, 6) is -0.615. The molecule has 1 atom stereocenters. The molecule has 3 aromatic rings. The molecule has 0 N–H and O–H groups in total. The number of benzene rings is 2. The molecule has 0 saturated carbocycles. The van der Waals surface area contributed by atoms with Crippen molar-refractivity contribution in [3.63, 3.8) is 0 Å². The van der Waals surface area contributed by atoms with E-state index in [9.17, 15) is 14.4 Å². The molecule has 168 valence electrons. The molecule has 6 nitrogen and oxygen atoms in total. The lowest BCUT2D eigenvalue weighted by molar-refractivity contribution is 0.0226. The van der Waals surface area contributed by atoms with E-state index in [2.05, 4.69) is 13.8 Å². The average molecular weight is 444 g/mol.